The third-order valence-electron chi connectivity index (χ3n) is 2.88. The first-order valence-corrected chi connectivity index (χ1v) is 6.43. The molecule has 0 fully saturated rings. The molecule has 0 aliphatic carbocycles. The van der Waals surface area contributed by atoms with Crippen molar-refractivity contribution in [3.63, 3.8) is 0 Å². The topological polar surface area (TPSA) is 49.3 Å². The first-order valence-electron chi connectivity index (χ1n) is 6.43. The Morgan fingerprint density at radius 3 is 2.89 bits per heavy atom. The Kier molecular flexibility index (Phi) is 6.22. The van der Waals surface area contributed by atoms with Crippen LogP contribution < -0.4 is 5.32 Å². The second kappa shape index (κ2) is 7.69. The van der Waals surface area contributed by atoms with Crippen LogP contribution in [0.15, 0.2) is 30.3 Å². The maximum absolute atomic E-state index is 13.0. The van der Waals surface area contributed by atoms with Gasteiger partial charge in [0.1, 0.15) is 5.82 Å². The van der Waals surface area contributed by atoms with Crippen LogP contribution in [0.4, 0.5) is 4.39 Å². The van der Waals surface area contributed by atoms with Crippen LogP contribution in [-0.2, 0) is 4.79 Å². The highest BCUT2D eigenvalue weighted by Gasteiger charge is 2.03. The average molecular weight is 265 g/mol. The Hall–Kier alpha value is -1.68. The lowest BCUT2D eigenvalue weighted by Crippen LogP contribution is -2.25. The van der Waals surface area contributed by atoms with E-state index in [2.05, 4.69) is 5.32 Å². The summed E-state index contributed by atoms with van der Waals surface area (Å²) in [4.78, 5) is 11.6. The highest BCUT2D eigenvalue weighted by Crippen LogP contribution is 2.14. The smallest absolute Gasteiger partial charge is 0.244 e. The van der Waals surface area contributed by atoms with Crippen molar-refractivity contribution < 1.29 is 14.3 Å². The van der Waals surface area contributed by atoms with Gasteiger partial charge in [0.15, 0.2) is 0 Å². The number of hydrogen-bond acceptors (Lipinski definition) is 2. The van der Waals surface area contributed by atoms with Crippen LogP contribution in [0.3, 0.4) is 0 Å². The van der Waals surface area contributed by atoms with E-state index in [1.165, 1.54) is 18.2 Å². The van der Waals surface area contributed by atoms with Gasteiger partial charge in [0.25, 0.3) is 0 Å². The SMILES string of the molecule is CCC(O)CCNC(=O)/C=C(/C)c1cccc(F)c1. The Morgan fingerprint density at radius 1 is 1.53 bits per heavy atom. The highest BCUT2D eigenvalue weighted by atomic mass is 19.1. The third kappa shape index (κ3) is 5.66. The quantitative estimate of drug-likeness (QED) is 0.776. The second-order valence-electron chi connectivity index (χ2n) is 4.48. The van der Waals surface area contributed by atoms with E-state index < -0.39 is 0 Å². The number of amides is 1. The molecule has 0 aromatic heterocycles. The molecule has 1 aromatic rings. The monoisotopic (exact) mass is 265 g/mol. The lowest BCUT2D eigenvalue weighted by Gasteiger charge is -2.08. The van der Waals surface area contributed by atoms with E-state index in [-0.39, 0.29) is 17.8 Å². The number of carbonyl (C=O) groups excluding carboxylic acids is 1. The van der Waals surface area contributed by atoms with E-state index in [9.17, 15) is 14.3 Å². The summed E-state index contributed by atoms with van der Waals surface area (Å²) >= 11 is 0. The van der Waals surface area contributed by atoms with E-state index in [0.29, 0.717) is 30.5 Å². The van der Waals surface area contributed by atoms with Crippen molar-refractivity contribution in [2.24, 2.45) is 0 Å². The Labute approximate surface area is 113 Å². The normalized spacial score (nSPS) is 13.2. The summed E-state index contributed by atoms with van der Waals surface area (Å²) in [6, 6.07) is 6.11. The van der Waals surface area contributed by atoms with Gasteiger partial charge in [0.05, 0.1) is 6.10 Å². The van der Waals surface area contributed by atoms with Gasteiger partial charge in [0.2, 0.25) is 5.91 Å². The molecule has 1 atom stereocenters. The minimum absolute atomic E-state index is 0.231. The van der Waals surface area contributed by atoms with Crippen LogP contribution in [0.5, 0.6) is 0 Å². The molecule has 104 valence electrons. The minimum atomic E-state index is -0.381. The van der Waals surface area contributed by atoms with E-state index in [1.807, 2.05) is 6.92 Å². The zero-order chi connectivity index (χ0) is 14.3. The van der Waals surface area contributed by atoms with Crippen molar-refractivity contribution in [1.29, 1.82) is 0 Å². The fourth-order valence-corrected chi connectivity index (χ4v) is 1.63. The van der Waals surface area contributed by atoms with Gasteiger partial charge in [-0.25, -0.2) is 4.39 Å². The first kappa shape index (κ1) is 15.4. The van der Waals surface area contributed by atoms with Gasteiger partial charge < -0.3 is 10.4 Å². The molecule has 4 heteroatoms. The van der Waals surface area contributed by atoms with Crippen molar-refractivity contribution in [3.8, 4) is 0 Å². The van der Waals surface area contributed by atoms with Gasteiger partial charge in [-0.3, -0.25) is 4.79 Å². The first-order chi connectivity index (χ1) is 9.02. The molecule has 0 aliphatic heterocycles. The molecule has 1 aromatic carbocycles. The zero-order valence-electron chi connectivity index (χ0n) is 11.3. The summed E-state index contributed by atoms with van der Waals surface area (Å²) in [6.45, 7) is 4.08. The molecule has 0 radical (unpaired) electrons. The molecule has 0 heterocycles. The number of carbonyl (C=O) groups is 1. The summed E-state index contributed by atoms with van der Waals surface area (Å²) in [6.07, 6.45) is 2.27. The van der Waals surface area contributed by atoms with Gasteiger partial charge in [0, 0.05) is 12.6 Å². The largest absolute Gasteiger partial charge is 0.393 e. The molecule has 0 aliphatic rings. The Balaban J connectivity index is 2.52. The maximum atomic E-state index is 13.0. The van der Waals surface area contributed by atoms with Crippen LogP contribution in [0.1, 0.15) is 32.3 Å². The number of nitrogens with one attached hydrogen (secondary N) is 1. The Bertz CT molecular complexity index is 457. The number of allylic oxidation sites excluding steroid dienone is 1. The minimum Gasteiger partial charge on any atom is -0.393 e. The van der Waals surface area contributed by atoms with Gasteiger partial charge in [-0.15, -0.1) is 0 Å². The van der Waals surface area contributed by atoms with Crippen LogP contribution in [0.25, 0.3) is 5.57 Å². The van der Waals surface area contributed by atoms with Gasteiger partial charge in [-0.05, 0) is 43.0 Å². The van der Waals surface area contributed by atoms with E-state index in [4.69, 9.17) is 0 Å². The van der Waals surface area contributed by atoms with Gasteiger partial charge >= 0.3 is 0 Å². The summed E-state index contributed by atoms with van der Waals surface area (Å²) in [5, 5.41) is 12.0. The molecule has 0 spiro atoms. The van der Waals surface area contributed by atoms with Crippen LogP contribution >= 0.6 is 0 Å². The van der Waals surface area contributed by atoms with Crippen LogP contribution in [0, 0.1) is 5.82 Å². The lowest BCUT2D eigenvalue weighted by atomic mass is 10.1. The maximum Gasteiger partial charge on any atom is 0.244 e. The van der Waals surface area contributed by atoms with Crippen molar-refractivity contribution in [3.05, 3.63) is 41.7 Å². The molecule has 0 saturated carbocycles. The molecular weight excluding hydrogens is 245 g/mol. The van der Waals surface area contributed by atoms with Crippen molar-refractivity contribution in [2.75, 3.05) is 6.54 Å². The molecule has 1 amide bonds. The fourth-order valence-electron chi connectivity index (χ4n) is 1.63. The Morgan fingerprint density at radius 2 is 2.26 bits per heavy atom. The second-order valence-corrected chi connectivity index (χ2v) is 4.48. The molecular formula is C15H20FNO2. The zero-order valence-corrected chi connectivity index (χ0v) is 11.3. The van der Waals surface area contributed by atoms with Crippen molar-refractivity contribution in [2.45, 2.75) is 32.8 Å². The predicted octanol–water partition coefficient (Wildman–Crippen LogP) is 2.51. The third-order valence-corrected chi connectivity index (χ3v) is 2.88. The van der Waals surface area contributed by atoms with Crippen molar-refractivity contribution in [1.82, 2.24) is 5.32 Å². The fraction of sp³-hybridized carbons (Fsp3) is 0.400. The standard InChI is InChI=1S/C15H20FNO2/c1-3-14(18)7-8-17-15(19)9-11(2)12-5-4-6-13(16)10-12/h4-6,9-10,14,18H,3,7-8H2,1-2H3,(H,17,19)/b11-9-. The molecule has 19 heavy (non-hydrogen) atoms. The summed E-state index contributed by atoms with van der Waals surface area (Å²) in [5.41, 5.74) is 1.39. The number of rotatable bonds is 6. The summed E-state index contributed by atoms with van der Waals surface area (Å²) < 4.78 is 13.0. The summed E-state index contributed by atoms with van der Waals surface area (Å²) in [5.74, 6) is -0.554. The van der Waals surface area contributed by atoms with E-state index in [1.54, 1.807) is 19.1 Å². The van der Waals surface area contributed by atoms with Gasteiger partial charge in [-0.1, -0.05) is 19.1 Å². The molecule has 0 saturated heterocycles. The molecule has 3 nitrogen and oxygen atoms in total. The number of halogens is 1. The number of aliphatic hydroxyl groups is 1. The van der Waals surface area contributed by atoms with Gasteiger partial charge in [-0.2, -0.15) is 0 Å². The van der Waals surface area contributed by atoms with E-state index in [0.717, 1.165) is 0 Å². The average Bonchev–Trinajstić information content (AvgIpc) is 2.38. The van der Waals surface area contributed by atoms with Crippen LogP contribution in [0.2, 0.25) is 0 Å². The number of aliphatic hydroxyl groups excluding tert-OH is 1. The highest BCUT2D eigenvalue weighted by molar-refractivity contribution is 5.94. The lowest BCUT2D eigenvalue weighted by molar-refractivity contribution is -0.116. The molecule has 2 N–H and O–H groups in total. The molecule has 1 unspecified atom stereocenters. The number of hydrogen-bond donors (Lipinski definition) is 2. The predicted molar refractivity (Wildman–Crippen MR) is 74.0 cm³/mol. The van der Waals surface area contributed by atoms with Crippen LogP contribution in [-0.4, -0.2) is 23.7 Å². The molecule has 1 rings (SSSR count). The number of benzene rings is 1. The van der Waals surface area contributed by atoms with E-state index >= 15 is 0 Å². The molecule has 0 bridgehead atoms. The van der Waals surface area contributed by atoms with Crippen molar-refractivity contribution >= 4 is 11.5 Å². The summed E-state index contributed by atoms with van der Waals surface area (Å²) in [7, 11) is 0.